The van der Waals surface area contributed by atoms with Gasteiger partial charge < -0.3 is 10.1 Å². The summed E-state index contributed by atoms with van der Waals surface area (Å²) in [5, 5.41) is 14.9. The molecular formula is C17H16FN5O2. The van der Waals surface area contributed by atoms with Crippen molar-refractivity contribution in [2.45, 2.75) is 13.5 Å². The molecule has 0 aliphatic rings. The predicted octanol–water partition coefficient (Wildman–Crippen LogP) is 1.99. The fraction of sp³-hybridized carbons (Fsp3) is 0.176. The van der Waals surface area contributed by atoms with E-state index in [-0.39, 0.29) is 18.3 Å². The Hall–Kier alpha value is -3.29. The van der Waals surface area contributed by atoms with Gasteiger partial charge in [0.05, 0.1) is 13.2 Å². The number of nitrogens with one attached hydrogen (secondary N) is 1. The van der Waals surface area contributed by atoms with Crippen molar-refractivity contribution in [3.05, 3.63) is 59.7 Å². The average Bonchev–Trinajstić information content (AvgIpc) is 3.02. The van der Waals surface area contributed by atoms with Crippen LogP contribution < -0.4 is 10.1 Å². The summed E-state index contributed by atoms with van der Waals surface area (Å²) in [4.78, 5) is 11.9. The van der Waals surface area contributed by atoms with E-state index in [1.807, 2.05) is 6.92 Å². The van der Waals surface area contributed by atoms with Gasteiger partial charge in [0.15, 0.2) is 11.5 Å². The second-order valence-electron chi connectivity index (χ2n) is 5.06. The summed E-state index contributed by atoms with van der Waals surface area (Å²) in [5.41, 5.74) is 0.892. The fourth-order valence-corrected chi connectivity index (χ4v) is 2.15. The predicted molar refractivity (Wildman–Crippen MR) is 89.2 cm³/mol. The Bertz CT molecular complexity index is 922. The topological polar surface area (TPSA) is 81.4 Å². The number of halogens is 1. The molecule has 0 aliphatic heterocycles. The Kier molecular flexibility index (Phi) is 4.98. The molecule has 0 unspecified atom stereocenters. The van der Waals surface area contributed by atoms with Crippen LogP contribution in [0.1, 0.15) is 18.3 Å². The first kappa shape index (κ1) is 16.6. The Labute approximate surface area is 143 Å². The van der Waals surface area contributed by atoms with E-state index in [9.17, 15) is 9.18 Å². The number of benzene rings is 1. The number of carbonyl (C=O) groups excluding carboxylic acids is 1. The van der Waals surface area contributed by atoms with Crippen LogP contribution >= 0.6 is 0 Å². The molecule has 0 bridgehead atoms. The van der Waals surface area contributed by atoms with Gasteiger partial charge in [-0.2, -0.15) is 4.52 Å². The standard InChI is InChI=1S/C17H16FN5O2/c1-2-25-17-10-8-14-20-21-15(23(14)22-17)11-19-16(24)9-7-12-5-3-4-6-13(12)18/h3-10H,2,11H2,1H3,(H,19,24). The van der Waals surface area contributed by atoms with E-state index < -0.39 is 0 Å². The summed E-state index contributed by atoms with van der Waals surface area (Å²) in [6.45, 7) is 2.48. The van der Waals surface area contributed by atoms with Gasteiger partial charge in [-0.1, -0.05) is 18.2 Å². The summed E-state index contributed by atoms with van der Waals surface area (Å²) in [5.74, 6) is 0.148. The highest BCUT2D eigenvalue weighted by Crippen LogP contribution is 2.10. The van der Waals surface area contributed by atoms with Gasteiger partial charge in [0.2, 0.25) is 11.8 Å². The van der Waals surface area contributed by atoms with Gasteiger partial charge in [0, 0.05) is 17.7 Å². The highest BCUT2D eigenvalue weighted by Gasteiger charge is 2.09. The number of rotatable bonds is 6. The summed E-state index contributed by atoms with van der Waals surface area (Å²) in [6.07, 6.45) is 2.68. The Morgan fingerprint density at radius 3 is 2.92 bits per heavy atom. The third-order valence-electron chi connectivity index (χ3n) is 3.34. The number of hydrogen-bond acceptors (Lipinski definition) is 5. The summed E-state index contributed by atoms with van der Waals surface area (Å²) < 4.78 is 20.3. The fourth-order valence-electron chi connectivity index (χ4n) is 2.15. The van der Waals surface area contributed by atoms with E-state index >= 15 is 0 Å². The van der Waals surface area contributed by atoms with E-state index in [1.165, 1.54) is 22.7 Å². The maximum Gasteiger partial charge on any atom is 0.244 e. The van der Waals surface area contributed by atoms with Gasteiger partial charge in [-0.25, -0.2) is 4.39 Å². The van der Waals surface area contributed by atoms with Crippen LogP contribution in [0, 0.1) is 5.82 Å². The van der Waals surface area contributed by atoms with Crippen LogP contribution in [-0.2, 0) is 11.3 Å². The maximum absolute atomic E-state index is 13.5. The van der Waals surface area contributed by atoms with Crippen molar-refractivity contribution in [2.24, 2.45) is 0 Å². The number of nitrogens with zero attached hydrogens (tertiary/aromatic N) is 4. The Morgan fingerprint density at radius 2 is 2.12 bits per heavy atom. The van der Waals surface area contributed by atoms with E-state index in [0.717, 1.165) is 0 Å². The molecule has 0 saturated heterocycles. The van der Waals surface area contributed by atoms with E-state index in [0.29, 0.717) is 29.5 Å². The molecule has 8 heteroatoms. The van der Waals surface area contributed by atoms with Crippen molar-refractivity contribution in [3.63, 3.8) is 0 Å². The monoisotopic (exact) mass is 341 g/mol. The van der Waals surface area contributed by atoms with Crippen LogP contribution in [-0.4, -0.2) is 32.3 Å². The molecule has 128 valence electrons. The molecule has 1 N–H and O–H groups in total. The van der Waals surface area contributed by atoms with Gasteiger partial charge in [0.25, 0.3) is 0 Å². The van der Waals surface area contributed by atoms with Crippen molar-refractivity contribution < 1.29 is 13.9 Å². The lowest BCUT2D eigenvalue weighted by Crippen LogP contribution is -2.22. The molecular weight excluding hydrogens is 325 g/mol. The van der Waals surface area contributed by atoms with Crippen LogP contribution in [0.15, 0.2) is 42.5 Å². The second kappa shape index (κ2) is 7.52. The lowest BCUT2D eigenvalue weighted by Gasteiger charge is -2.03. The zero-order valence-corrected chi connectivity index (χ0v) is 13.5. The number of fused-ring (bicyclic) bond motifs is 1. The van der Waals surface area contributed by atoms with Gasteiger partial charge in [-0.05, 0) is 25.1 Å². The van der Waals surface area contributed by atoms with Crippen molar-refractivity contribution in [1.29, 1.82) is 0 Å². The Morgan fingerprint density at radius 1 is 1.28 bits per heavy atom. The first-order chi connectivity index (χ1) is 12.2. The minimum Gasteiger partial charge on any atom is -0.477 e. The zero-order valence-electron chi connectivity index (χ0n) is 13.5. The molecule has 1 amide bonds. The largest absolute Gasteiger partial charge is 0.477 e. The van der Waals surface area contributed by atoms with Crippen LogP contribution in [0.5, 0.6) is 5.88 Å². The number of amides is 1. The molecule has 25 heavy (non-hydrogen) atoms. The van der Waals surface area contributed by atoms with Crippen molar-refractivity contribution >= 4 is 17.6 Å². The van der Waals surface area contributed by atoms with Gasteiger partial charge in [-0.3, -0.25) is 4.79 Å². The number of carbonyl (C=O) groups is 1. The molecule has 2 aromatic heterocycles. The third kappa shape index (κ3) is 3.97. The van der Waals surface area contributed by atoms with Gasteiger partial charge in [-0.15, -0.1) is 15.3 Å². The molecule has 1 aromatic carbocycles. The minimum atomic E-state index is -0.386. The van der Waals surface area contributed by atoms with E-state index in [4.69, 9.17) is 4.74 Å². The van der Waals surface area contributed by atoms with Crippen molar-refractivity contribution in [2.75, 3.05) is 6.61 Å². The quantitative estimate of drug-likeness (QED) is 0.694. The molecule has 0 aliphatic carbocycles. The van der Waals surface area contributed by atoms with Crippen LogP contribution in [0.2, 0.25) is 0 Å². The Balaban J connectivity index is 1.67. The number of hydrogen-bond donors (Lipinski definition) is 1. The SMILES string of the molecule is CCOc1ccc2nnc(CNC(=O)C=Cc3ccccc3F)n2n1. The average molecular weight is 341 g/mol. The highest BCUT2D eigenvalue weighted by molar-refractivity contribution is 5.91. The minimum absolute atomic E-state index is 0.129. The molecule has 0 spiro atoms. The summed E-state index contributed by atoms with van der Waals surface area (Å²) in [6, 6.07) is 9.64. The lowest BCUT2D eigenvalue weighted by molar-refractivity contribution is -0.116. The molecule has 0 radical (unpaired) electrons. The molecule has 2 heterocycles. The molecule has 0 atom stereocenters. The van der Waals surface area contributed by atoms with Crippen LogP contribution in [0.4, 0.5) is 4.39 Å². The lowest BCUT2D eigenvalue weighted by atomic mass is 10.2. The smallest absolute Gasteiger partial charge is 0.244 e. The van der Waals surface area contributed by atoms with Crippen LogP contribution in [0.3, 0.4) is 0 Å². The number of aromatic nitrogens is 4. The summed E-state index contributed by atoms with van der Waals surface area (Å²) >= 11 is 0. The molecule has 0 fully saturated rings. The molecule has 0 saturated carbocycles. The molecule has 3 aromatic rings. The van der Waals surface area contributed by atoms with E-state index in [1.54, 1.807) is 30.3 Å². The second-order valence-corrected chi connectivity index (χ2v) is 5.06. The number of ether oxygens (including phenoxy) is 1. The molecule has 7 nitrogen and oxygen atoms in total. The maximum atomic E-state index is 13.5. The van der Waals surface area contributed by atoms with Crippen LogP contribution in [0.25, 0.3) is 11.7 Å². The van der Waals surface area contributed by atoms with Gasteiger partial charge in [0.1, 0.15) is 5.82 Å². The first-order valence-corrected chi connectivity index (χ1v) is 7.72. The normalized spacial score (nSPS) is 11.1. The summed E-state index contributed by atoms with van der Waals surface area (Å²) in [7, 11) is 0. The van der Waals surface area contributed by atoms with E-state index in [2.05, 4.69) is 20.6 Å². The molecule has 3 rings (SSSR count). The zero-order chi connectivity index (χ0) is 17.6. The highest BCUT2D eigenvalue weighted by atomic mass is 19.1. The first-order valence-electron chi connectivity index (χ1n) is 7.72. The van der Waals surface area contributed by atoms with Crippen molar-refractivity contribution in [1.82, 2.24) is 25.1 Å². The third-order valence-corrected chi connectivity index (χ3v) is 3.34. The van der Waals surface area contributed by atoms with Crippen molar-refractivity contribution in [3.8, 4) is 5.88 Å². The van der Waals surface area contributed by atoms with Gasteiger partial charge >= 0.3 is 0 Å².